The van der Waals surface area contributed by atoms with E-state index in [1.54, 1.807) is 0 Å². The first-order valence-corrected chi connectivity index (χ1v) is 16.8. The van der Waals surface area contributed by atoms with Crippen molar-refractivity contribution in [1.29, 1.82) is 0 Å². The Morgan fingerprint density at radius 1 is 0.932 bits per heavy atom. The topological polar surface area (TPSA) is 169 Å². The molecule has 4 aliphatic carbocycles. The zero-order valence-electron chi connectivity index (χ0n) is 27.2. The molecule has 5 fully saturated rings. The fraction of sp³-hybridized carbons (Fsp3) is 0.941. The molecule has 0 aromatic rings. The molecule has 7 unspecified atom stereocenters. The van der Waals surface area contributed by atoms with E-state index < -0.39 is 66.0 Å². The number of fused-ring (bicyclic) bond motifs is 5. The van der Waals surface area contributed by atoms with Gasteiger partial charge in [-0.05, 0) is 73.5 Å². The van der Waals surface area contributed by atoms with Crippen LogP contribution < -0.4 is 0 Å². The Morgan fingerprint density at radius 2 is 1.61 bits per heavy atom. The summed E-state index contributed by atoms with van der Waals surface area (Å²) < 4.78 is 16.5. The molecular weight excluding hydrogens is 568 g/mol. The first-order chi connectivity index (χ1) is 20.6. The van der Waals surface area contributed by atoms with Crippen LogP contribution in [0, 0.1) is 46.3 Å². The molecule has 5 rings (SSSR count). The number of methoxy groups -OCH3 is 1. The van der Waals surface area contributed by atoms with Gasteiger partial charge in [-0.25, -0.2) is 0 Å². The van der Waals surface area contributed by atoms with E-state index in [2.05, 4.69) is 27.4 Å². The van der Waals surface area contributed by atoms with Gasteiger partial charge in [0.05, 0.1) is 43.2 Å². The van der Waals surface area contributed by atoms with Crippen molar-refractivity contribution in [2.24, 2.45) is 46.3 Å². The van der Waals surface area contributed by atoms with Gasteiger partial charge in [-0.15, -0.1) is 0 Å². The van der Waals surface area contributed by atoms with Crippen LogP contribution in [0.1, 0.15) is 79.1 Å². The van der Waals surface area contributed by atoms with Crippen molar-refractivity contribution in [1.82, 2.24) is 0 Å². The van der Waals surface area contributed by atoms with Gasteiger partial charge in [0, 0.05) is 31.3 Å². The Bertz CT molecular complexity index is 1030. The van der Waals surface area contributed by atoms with Gasteiger partial charge in [0.2, 0.25) is 0 Å². The fourth-order valence-corrected chi connectivity index (χ4v) is 10.9. The number of rotatable bonds is 9. The van der Waals surface area contributed by atoms with Gasteiger partial charge in [0.25, 0.3) is 0 Å². The van der Waals surface area contributed by atoms with Crippen LogP contribution in [0.25, 0.3) is 0 Å². The summed E-state index contributed by atoms with van der Waals surface area (Å²) in [5.41, 5.74) is -1.03. The molecule has 0 spiro atoms. The molecule has 0 bridgehead atoms. The van der Waals surface area contributed by atoms with Crippen LogP contribution in [0.5, 0.6) is 0 Å². The summed E-state index contributed by atoms with van der Waals surface area (Å²) in [6.45, 7) is 13.2. The Hall–Kier alpha value is -0.660. The van der Waals surface area contributed by atoms with Gasteiger partial charge in [0.1, 0.15) is 18.3 Å². The summed E-state index contributed by atoms with van der Waals surface area (Å²) in [4.78, 5) is 0. The molecule has 0 amide bonds. The van der Waals surface area contributed by atoms with E-state index in [1.165, 1.54) is 7.11 Å². The number of ether oxygens (including phenoxy) is 3. The van der Waals surface area contributed by atoms with Gasteiger partial charge in [-0.3, -0.25) is 0 Å². The molecule has 0 aromatic carbocycles. The minimum absolute atomic E-state index is 0.0151. The largest absolute Gasteiger partial charge is 0.393 e. The highest BCUT2D eigenvalue weighted by Gasteiger charge is 2.71. The van der Waals surface area contributed by atoms with E-state index >= 15 is 0 Å². The minimum Gasteiger partial charge on any atom is -0.393 e. The third-order valence-corrected chi connectivity index (χ3v) is 13.3. The molecular formula is C34H58O10. The molecule has 254 valence electrons. The zero-order valence-corrected chi connectivity index (χ0v) is 27.2. The van der Waals surface area contributed by atoms with Crippen molar-refractivity contribution in [3.8, 4) is 0 Å². The SMILES string of the molecule is C=C(CCC(C)[C@H]1CC(O)C2[C@]3(O)CC(O)C4[C@@H](O)[C@@H](O)CC[C@]4(C)C3CC[C@@]21C)C(C)CO[C@@H]1OC[C@@H](O)[C@H](OC)[C@H]1O. The van der Waals surface area contributed by atoms with Crippen LogP contribution in [0.2, 0.25) is 0 Å². The number of hydrogen-bond donors (Lipinski definition) is 7. The molecule has 1 heterocycles. The standard InChI is InChI=1S/C34H58O10/c1-17(19(3)15-43-31-28(40)29(42-6)24(38)16-44-31)7-8-18(2)20-13-22(36)30-32(20,4)12-10-25-33(5)11-9-21(35)27(39)26(33)23(37)14-34(25,30)41/h18-31,35-41H,1,7-16H2,2-6H3/t18?,19?,20-,21+,22?,23?,24-,25?,26?,27+,28-,29+,30?,31-,32-,33-,34+/m1/s1. The van der Waals surface area contributed by atoms with Gasteiger partial charge in [0.15, 0.2) is 6.29 Å². The zero-order chi connectivity index (χ0) is 32.4. The molecule has 4 saturated carbocycles. The van der Waals surface area contributed by atoms with Crippen LogP contribution in [0.3, 0.4) is 0 Å². The third kappa shape index (κ3) is 5.63. The molecule has 0 radical (unpaired) electrons. The van der Waals surface area contributed by atoms with Crippen LogP contribution >= 0.6 is 0 Å². The van der Waals surface area contributed by atoms with Gasteiger partial charge >= 0.3 is 0 Å². The van der Waals surface area contributed by atoms with E-state index in [1.807, 2.05) is 6.92 Å². The third-order valence-electron chi connectivity index (χ3n) is 13.3. The van der Waals surface area contributed by atoms with Crippen LogP contribution in [0.4, 0.5) is 0 Å². The van der Waals surface area contributed by atoms with Crippen molar-refractivity contribution in [2.75, 3.05) is 20.3 Å². The first kappa shape index (κ1) is 34.7. The highest BCUT2D eigenvalue weighted by molar-refractivity contribution is 5.21. The van der Waals surface area contributed by atoms with Crippen molar-refractivity contribution in [3.63, 3.8) is 0 Å². The van der Waals surface area contributed by atoms with E-state index in [-0.39, 0.29) is 48.0 Å². The minimum atomic E-state index is -1.24. The van der Waals surface area contributed by atoms with Gasteiger partial charge in [-0.1, -0.05) is 39.8 Å². The summed E-state index contributed by atoms with van der Waals surface area (Å²) in [7, 11) is 1.44. The van der Waals surface area contributed by atoms with E-state index in [0.717, 1.165) is 31.3 Å². The molecule has 1 saturated heterocycles. The smallest absolute Gasteiger partial charge is 0.186 e. The lowest BCUT2D eigenvalue weighted by molar-refractivity contribution is -0.280. The van der Waals surface area contributed by atoms with Crippen molar-refractivity contribution >= 4 is 0 Å². The molecule has 7 N–H and O–H groups in total. The fourth-order valence-electron chi connectivity index (χ4n) is 10.9. The summed E-state index contributed by atoms with van der Waals surface area (Å²) >= 11 is 0. The van der Waals surface area contributed by atoms with Crippen LogP contribution in [0.15, 0.2) is 12.2 Å². The Labute approximate surface area is 262 Å². The molecule has 17 atom stereocenters. The van der Waals surface area contributed by atoms with Crippen molar-refractivity contribution < 1.29 is 50.0 Å². The summed E-state index contributed by atoms with van der Waals surface area (Å²) in [5, 5.41) is 77.1. The molecule has 10 nitrogen and oxygen atoms in total. The van der Waals surface area contributed by atoms with Crippen molar-refractivity contribution in [3.05, 3.63) is 12.2 Å². The first-order valence-electron chi connectivity index (χ1n) is 16.8. The molecule has 10 heteroatoms. The Kier molecular flexibility index (Phi) is 10.0. The highest BCUT2D eigenvalue weighted by atomic mass is 16.7. The maximum absolute atomic E-state index is 12.5. The summed E-state index contributed by atoms with van der Waals surface area (Å²) in [6, 6.07) is 0. The summed E-state index contributed by atoms with van der Waals surface area (Å²) in [5.74, 6) is -0.558. The van der Waals surface area contributed by atoms with E-state index in [0.29, 0.717) is 25.9 Å². The number of hydrogen-bond acceptors (Lipinski definition) is 10. The normalized spacial score (nSPS) is 52.0. The lowest BCUT2D eigenvalue weighted by Crippen LogP contribution is -2.70. The van der Waals surface area contributed by atoms with E-state index in [9.17, 15) is 35.7 Å². The molecule has 44 heavy (non-hydrogen) atoms. The number of aliphatic hydroxyl groups is 7. The second-order valence-corrected chi connectivity index (χ2v) is 15.7. The molecule has 5 aliphatic rings. The summed E-state index contributed by atoms with van der Waals surface area (Å²) in [6.07, 6.45) is -2.11. The highest BCUT2D eigenvalue weighted by Crippen LogP contribution is 2.69. The van der Waals surface area contributed by atoms with Crippen LogP contribution in [-0.2, 0) is 14.2 Å². The van der Waals surface area contributed by atoms with Gasteiger partial charge in [-0.2, -0.15) is 0 Å². The second-order valence-electron chi connectivity index (χ2n) is 15.7. The second kappa shape index (κ2) is 12.7. The Balaban J connectivity index is 1.21. The lowest BCUT2D eigenvalue weighted by Gasteiger charge is -2.66. The van der Waals surface area contributed by atoms with E-state index in [4.69, 9.17) is 14.2 Å². The maximum atomic E-state index is 12.5. The molecule has 1 aliphatic heterocycles. The number of aliphatic hydroxyl groups excluding tert-OH is 6. The van der Waals surface area contributed by atoms with Gasteiger partial charge < -0.3 is 50.0 Å². The lowest BCUT2D eigenvalue weighted by atomic mass is 9.41. The predicted molar refractivity (Wildman–Crippen MR) is 162 cm³/mol. The van der Waals surface area contributed by atoms with Crippen LogP contribution in [-0.4, -0.2) is 111 Å². The average molecular weight is 627 g/mol. The van der Waals surface area contributed by atoms with Crippen molar-refractivity contribution in [2.45, 2.75) is 134 Å². The quantitative estimate of drug-likeness (QED) is 0.187. The molecule has 0 aromatic heterocycles. The average Bonchev–Trinajstić information content (AvgIpc) is 3.24. The Morgan fingerprint density at radius 3 is 2.30 bits per heavy atom. The predicted octanol–water partition coefficient (Wildman–Crippen LogP) is 1.75. The monoisotopic (exact) mass is 626 g/mol. The maximum Gasteiger partial charge on any atom is 0.186 e.